The van der Waals surface area contributed by atoms with Crippen molar-refractivity contribution in [3.05, 3.63) is 44.9 Å². The van der Waals surface area contributed by atoms with E-state index in [1.54, 1.807) is 7.11 Å². The number of nitriles is 1. The van der Waals surface area contributed by atoms with Crippen molar-refractivity contribution in [2.75, 3.05) is 26.0 Å². The lowest BCUT2D eigenvalue weighted by atomic mass is 9.87. The number of carbonyl (C=O) groups excluding carboxylic acids is 2. The molecule has 1 aromatic rings. The standard InChI is InChI=1S/C17H18BrN3O3S/c1-24-6-5-20-16(23)10-25-17-14(9-19)13(8-15(22)21-17)11-3-2-4-12(18)7-11/h2-4,7,13H,5-6,8,10H2,1H3,(H,20,23)(H,21,22)/t13-/m0/s1. The number of nitrogens with zero attached hydrogens (tertiary/aromatic N) is 1. The summed E-state index contributed by atoms with van der Waals surface area (Å²) in [6.07, 6.45) is 0.212. The van der Waals surface area contributed by atoms with Gasteiger partial charge in [-0.15, -0.1) is 0 Å². The Bertz CT molecular complexity index is 730. The van der Waals surface area contributed by atoms with Gasteiger partial charge in [0.25, 0.3) is 0 Å². The van der Waals surface area contributed by atoms with Crippen molar-refractivity contribution in [1.29, 1.82) is 5.26 Å². The molecule has 0 bridgehead atoms. The zero-order valence-electron chi connectivity index (χ0n) is 13.7. The average molecular weight is 424 g/mol. The van der Waals surface area contributed by atoms with Gasteiger partial charge in [0.15, 0.2) is 0 Å². The number of ether oxygens (including phenoxy) is 1. The van der Waals surface area contributed by atoms with Gasteiger partial charge in [0.2, 0.25) is 11.8 Å². The van der Waals surface area contributed by atoms with E-state index in [0.717, 1.165) is 21.8 Å². The Balaban J connectivity index is 2.15. The molecule has 0 spiro atoms. The van der Waals surface area contributed by atoms with Crippen LogP contribution in [0.5, 0.6) is 0 Å². The van der Waals surface area contributed by atoms with E-state index in [4.69, 9.17) is 4.74 Å². The number of hydrogen-bond acceptors (Lipinski definition) is 5. The third kappa shape index (κ3) is 5.59. The molecule has 1 aromatic carbocycles. The van der Waals surface area contributed by atoms with Crippen molar-refractivity contribution in [3.8, 4) is 6.07 Å². The molecule has 25 heavy (non-hydrogen) atoms. The fraction of sp³-hybridized carbons (Fsp3) is 0.353. The Labute approximate surface area is 159 Å². The highest BCUT2D eigenvalue weighted by atomic mass is 79.9. The number of methoxy groups -OCH3 is 1. The summed E-state index contributed by atoms with van der Waals surface area (Å²) in [5.74, 6) is -0.525. The third-order valence-corrected chi connectivity index (χ3v) is 5.09. The molecule has 2 rings (SSSR count). The molecule has 2 amide bonds. The van der Waals surface area contributed by atoms with E-state index in [0.29, 0.717) is 23.8 Å². The van der Waals surface area contributed by atoms with Crippen molar-refractivity contribution in [3.63, 3.8) is 0 Å². The molecule has 0 aromatic heterocycles. The van der Waals surface area contributed by atoms with Gasteiger partial charge in [0.05, 0.1) is 29.0 Å². The van der Waals surface area contributed by atoms with Crippen LogP contribution in [0.1, 0.15) is 17.9 Å². The summed E-state index contributed by atoms with van der Waals surface area (Å²) in [4.78, 5) is 23.9. The summed E-state index contributed by atoms with van der Waals surface area (Å²) < 4.78 is 5.76. The highest BCUT2D eigenvalue weighted by Crippen LogP contribution is 2.36. The number of amides is 2. The van der Waals surface area contributed by atoms with Gasteiger partial charge in [-0.1, -0.05) is 39.8 Å². The molecule has 1 aliphatic rings. The summed E-state index contributed by atoms with van der Waals surface area (Å²) in [5.41, 5.74) is 1.37. The van der Waals surface area contributed by atoms with Crippen LogP contribution in [0.3, 0.4) is 0 Å². The average Bonchev–Trinajstić information content (AvgIpc) is 2.59. The highest BCUT2D eigenvalue weighted by molar-refractivity contribution is 9.10. The summed E-state index contributed by atoms with van der Waals surface area (Å²) in [6, 6.07) is 9.76. The Kier molecular flexibility index (Phi) is 7.50. The molecule has 0 saturated carbocycles. The summed E-state index contributed by atoms with van der Waals surface area (Å²) >= 11 is 4.58. The molecule has 1 aliphatic heterocycles. The van der Waals surface area contributed by atoms with Crippen LogP contribution in [0.4, 0.5) is 0 Å². The molecule has 1 atom stereocenters. The number of allylic oxidation sites excluding steroid dienone is 1. The number of rotatable bonds is 7. The molecule has 1 heterocycles. The first-order valence-electron chi connectivity index (χ1n) is 7.63. The Morgan fingerprint density at radius 1 is 1.56 bits per heavy atom. The lowest BCUT2D eigenvalue weighted by Crippen LogP contribution is -2.33. The van der Waals surface area contributed by atoms with Crippen LogP contribution in [-0.2, 0) is 14.3 Å². The van der Waals surface area contributed by atoms with Crippen molar-refractivity contribution >= 4 is 39.5 Å². The Hall–Kier alpha value is -1.82. The smallest absolute Gasteiger partial charge is 0.230 e. The Morgan fingerprint density at radius 3 is 3.04 bits per heavy atom. The normalized spacial score (nSPS) is 17.0. The van der Waals surface area contributed by atoms with E-state index in [9.17, 15) is 14.9 Å². The fourth-order valence-electron chi connectivity index (χ4n) is 2.42. The van der Waals surface area contributed by atoms with Gasteiger partial charge in [0.1, 0.15) is 0 Å². The molecule has 8 heteroatoms. The van der Waals surface area contributed by atoms with E-state index >= 15 is 0 Å². The minimum Gasteiger partial charge on any atom is -0.383 e. The molecule has 0 unspecified atom stereocenters. The van der Waals surface area contributed by atoms with Gasteiger partial charge in [-0.3, -0.25) is 9.59 Å². The van der Waals surface area contributed by atoms with Crippen molar-refractivity contribution in [2.24, 2.45) is 0 Å². The van der Waals surface area contributed by atoms with E-state index in [2.05, 4.69) is 32.6 Å². The first kappa shape index (κ1) is 19.5. The topological polar surface area (TPSA) is 91.2 Å². The number of benzene rings is 1. The van der Waals surface area contributed by atoms with Gasteiger partial charge < -0.3 is 15.4 Å². The molecule has 6 nitrogen and oxygen atoms in total. The molecule has 0 fully saturated rings. The van der Waals surface area contributed by atoms with Crippen LogP contribution in [0.2, 0.25) is 0 Å². The van der Waals surface area contributed by atoms with Crippen LogP contribution in [0, 0.1) is 11.3 Å². The highest BCUT2D eigenvalue weighted by Gasteiger charge is 2.29. The van der Waals surface area contributed by atoms with Crippen molar-refractivity contribution < 1.29 is 14.3 Å². The summed E-state index contributed by atoms with van der Waals surface area (Å²) in [6.45, 7) is 0.858. The maximum absolute atomic E-state index is 12.1. The lowest BCUT2D eigenvalue weighted by Gasteiger charge is -2.25. The van der Waals surface area contributed by atoms with E-state index < -0.39 is 0 Å². The number of thioether (sulfide) groups is 1. The number of carbonyl (C=O) groups is 2. The second-order valence-corrected chi connectivity index (χ2v) is 7.25. The first-order valence-corrected chi connectivity index (χ1v) is 9.41. The first-order chi connectivity index (χ1) is 12.0. The molecular formula is C17H18BrN3O3S. The van der Waals surface area contributed by atoms with Gasteiger partial charge in [0, 0.05) is 30.5 Å². The predicted molar refractivity (Wildman–Crippen MR) is 99.6 cm³/mol. The van der Waals surface area contributed by atoms with Crippen LogP contribution in [0.25, 0.3) is 0 Å². The van der Waals surface area contributed by atoms with E-state index in [-0.39, 0.29) is 29.9 Å². The zero-order valence-corrected chi connectivity index (χ0v) is 16.1. The quantitative estimate of drug-likeness (QED) is 0.656. The molecule has 2 N–H and O–H groups in total. The van der Waals surface area contributed by atoms with Gasteiger partial charge >= 0.3 is 0 Å². The molecule has 132 valence electrons. The minimum atomic E-state index is -0.310. The minimum absolute atomic E-state index is 0.121. The summed E-state index contributed by atoms with van der Waals surface area (Å²) in [7, 11) is 1.56. The fourth-order valence-corrected chi connectivity index (χ4v) is 3.75. The number of halogens is 1. The van der Waals surface area contributed by atoms with Crippen molar-refractivity contribution in [1.82, 2.24) is 10.6 Å². The zero-order chi connectivity index (χ0) is 18.2. The van der Waals surface area contributed by atoms with Gasteiger partial charge in [-0.05, 0) is 17.7 Å². The van der Waals surface area contributed by atoms with Gasteiger partial charge in [-0.25, -0.2) is 0 Å². The van der Waals surface area contributed by atoms with Crippen LogP contribution in [0.15, 0.2) is 39.3 Å². The van der Waals surface area contributed by atoms with E-state index in [1.165, 1.54) is 0 Å². The van der Waals surface area contributed by atoms with Crippen LogP contribution < -0.4 is 10.6 Å². The van der Waals surface area contributed by atoms with Gasteiger partial charge in [-0.2, -0.15) is 5.26 Å². The lowest BCUT2D eigenvalue weighted by molar-refractivity contribution is -0.121. The monoisotopic (exact) mass is 423 g/mol. The third-order valence-electron chi connectivity index (χ3n) is 3.58. The largest absolute Gasteiger partial charge is 0.383 e. The van der Waals surface area contributed by atoms with Crippen molar-refractivity contribution in [2.45, 2.75) is 12.3 Å². The molecule has 0 aliphatic carbocycles. The van der Waals surface area contributed by atoms with E-state index in [1.807, 2.05) is 24.3 Å². The summed E-state index contributed by atoms with van der Waals surface area (Å²) in [5, 5.41) is 15.5. The second kappa shape index (κ2) is 9.61. The maximum atomic E-state index is 12.1. The second-order valence-electron chi connectivity index (χ2n) is 5.35. The van der Waals surface area contributed by atoms with Crippen LogP contribution in [-0.4, -0.2) is 37.8 Å². The number of nitrogens with one attached hydrogen (secondary N) is 2. The molecule has 0 saturated heterocycles. The molecular weight excluding hydrogens is 406 g/mol. The SMILES string of the molecule is COCCNC(=O)CSC1=C(C#N)[C@H](c2cccc(Br)c2)CC(=O)N1. The number of hydrogen-bond donors (Lipinski definition) is 2. The Morgan fingerprint density at radius 2 is 2.36 bits per heavy atom. The maximum Gasteiger partial charge on any atom is 0.230 e. The molecule has 0 radical (unpaired) electrons. The van der Waals surface area contributed by atoms with Crippen LogP contribution >= 0.6 is 27.7 Å². The predicted octanol–water partition coefficient (Wildman–Crippen LogP) is 2.28.